The van der Waals surface area contributed by atoms with Crippen molar-refractivity contribution in [2.45, 2.75) is 37.3 Å². The molecular weight excluding hydrogens is 178 g/mol. The van der Waals surface area contributed by atoms with Crippen molar-refractivity contribution in [2.24, 2.45) is 12.8 Å². The zero-order valence-electron chi connectivity index (χ0n) is 8.48. The van der Waals surface area contributed by atoms with Gasteiger partial charge in [0, 0.05) is 19.3 Å². The fourth-order valence-corrected chi connectivity index (χ4v) is 2.20. The predicted molar refractivity (Wildman–Crippen MR) is 53.5 cm³/mol. The smallest absolute Gasteiger partial charge is 0.106 e. The van der Waals surface area contributed by atoms with Crippen LogP contribution in [0.1, 0.15) is 31.4 Å². The molecule has 14 heavy (non-hydrogen) atoms. The number of aryl methyl sites for hydroxylation is 1. The van der Waals surface area contributed by atoms with Gasteiger partial charge in [0.2, 0.25) is 0 Å². The largest absolute Gasteiger partial charge is 0.384 e. The van der Waals surface area contributed by atoms with E-state index in [1.807, 2.05) is 13.1 Å². The van der Waals surface area contributed by atoms with Crippen molar-refractivity contribution >= 4 is 0 Å². The van der Waals surface area contributed by atoms with Crippen molar-refractivity contribution in [3.05, 3.63) is 18.0 Å². The van der Waals surface area contributed by atoms with Crippen molar-refractivity contribution in [1.29, 1.82) is 0 Å². The highest BCUT2D eigenvalue weighted by Crippen LogP contribution is 2.35. The molecule has 78 valence electrons. The summed E-state index contributed by atoms with van der Waals surface area (Å²) >= 11 is 0. The second-order valence-corrected chi connectivity index (χ2v) is 4.21. The number of hydrogen-bond acceptors (Lipinski definition) is 3. The summed E-state index contributed by atoms with van der Waals surface area (Å²) in [5.41, 5.74) is 6.01. The van der Waals surface area contributed by atoms with Crippen LogP contribution in [0.25, 0.3) is 0 Å². The SMILES string of the molecule is Cn1nccc1C1(O)CCC(N)CC1. The van der Waals surface area contributed by atoms with Crippen molar-refractivity contribution in [2.75, 3.05) is 0 Å². The lowest BCUT2D eigenvalue weighted by atomic mass is 9.80. The van der Waals surface area contributed by atoms with Gasteiger partial charge >= 0.3 is 0 Å². The molecule has 0 spiro atoms. The van der Waals surface area contributed by atoms with Crippen LogP contribution in [-0.4, -0.2) is 20.9 Å². The number of rotatable bonds is 1. The van der Waals surface area contributed by atoms with Crippen LogP contribution in [0.4, 0.5) is 0 Å². The Morgan fingerprint density at radius 1 is 1.57 bits per heavy atom. The minimum Gasteiger partial charge on any atom is -0.384 e. The molecule has 1 heterocycles. The molecule has 0 amide bonds. The zero-order chi connectivity index (χ0) is 10.2. The van der Waals surface area contributed by atoms with Crippen molar-refractivity contribution < 1.29 is 5.11 Å². The summed E-state index contributed by atoms with van der Waals surface area (Å²) in [6.45, 7) is 0. The first-order chi connectivity index (χ1) is 6.62. The van der Waals surface area contributed by atoms with Crippen molar-refractivity contribution in [3.63, 3.8) is 0 Å². The fraction of sp³-hybridized carbons (Fsp3) is 0.700. The molecule has 1 aromatic heterocycles. The lowest BCUT2D eigenvalue weighted by molar-refractivity contribution is -0.0121. The highest BCUT2D eigenvalue weighted by Gasteiger charge is 2.35. The minimum absolute atomic E-state index is 0.253. The van der Waals surface area contributed by atoms with Crippen LogP contribution in [0.2, 0.25) is 0 Å². The van der Waals surface area contributed by atoms with Gasteiger partial charge in [-0.25, -0.2) is 0 Å². The van der Waals surface area contributed by atoms with Gasteiger partial charge in [0.05, 0.1) is 5.69 Å². The normalized spacial score (nSPS) is 33.2. The molecule has 0 radical (unpaired) electrons. The Kier molecular flexibility index (Phi) is 2.33. The standard InChI is InChI=1S/C10H17N3O/c1-13-9(4-7-12-13)10(14)5-2-8(11)3-6-10/h4,7-8,14H,2-3,5-6,11H2,1H3. The maximum Gasteiger partial charge on any atom is 0.106 e. The molecule has 4 nitrogen and oxygen atoms in total. The van der Waals surface area contributed by atoms with Crippen LogP contribution in [0.15, 0.2) is 12.3 Å². The van der Waals surface area contributed by atoms with Gasteiger partial charge in [0.25, 0.3) is 0 Å². The summed E-state index contributed by atoms with van der Waals surface area (Å²) in [6.07, 6.45) is 4.99. The molecule has 0 unspecified atom stereocenters. The first-order valence-electron chi connectivity index (χ1n) is 5.08. The lowest BCUT2D eigenvalue weighted by Gasteiger charge is -2.34. The Labute approximate surface area is 83.7 Å². The van der Waals surface area contributed by atoms with E-state index in [-0.39, 0.29) is 6.04 Å². The topological polar surface area (TPSA) is 64.1 Å². The van der Waals surface area contributed by atoms with Crippen LogP contribution in [-0.2, 0) is 12.6 Å². The predicted octanol–water partition coefficient (Wildman–Crippen LogP) is 0.509. The van der Waals surface area contributed by atoms with E-state index < -0.39 is 5.60 Å². The molecule has 1 aliphatic carbocycles. The zero-order valence-corrected chi connectivity index (χ0v) is 8.48. The van der Waals surface area contributed by atoms with Crippen LogP contribution in [0.5, 0.6) is 0 Å². The van der Waals surface area contributed by atoms with Gasteiger partial charge in [-0.3, -0.25) is 4.68 Å². The van der Waals surface area contributed by atoms with Gasteiger partial charge in [0.1, 0.15) is 5.60 Å². The van der Waals surface area contributed by atoms with Gasteiger partial charge in [-0.1, -0.05) is 0 Å². The van der Waals surface area contributed by atoms with Gasteiger partial charge in [-0.15, -0.1) is 0 Å². The Morgan fingerprint density at radius 3 is 2.71 bits per heavy atom. The first-order valence-corrected chi connectivity index (χ1v) is 5.08. The van der Waals surface area contributed by atoms with E-state index in [1.54, 1.807) is 10.9 Å². The molecule has 4 heteroatoms. The molecule has 0 atom stereocenters. The van der Waals surface area contributed by atoms with Gasteiger partial charge in [0.15, 0.2) is 0 Å². The highest BCUT2D eigenvalue weighted by molar-refractivity contribution is 5.13. The molecular formula is C10H17N3O. The number of nitrogens with zero attached hydrogens (tertiary/aromatic N) is 2. The van der Waals surface area contributed by atoms with E-state index in [9.17, 15) is 5.11 Å². The molecule has 0 aromatic carbocycles. The number of hydrogen-bond donors (Lipinski definition) is 2. The third-order valence-corrected chi connectivity index (χ3v) is 3.16. The van der Waals surface area contributed by atoms with Crippen molar-refractivity contribution in [3.8, 4) is 0 Å². The summed E-state index contributed by atoms with van der Waals surface area (Å²) in [6, 6.07) is 2.14. The summed E-state index contributed by atoms with van der Waals surface area (Å²) in [7, 11) is 1.86. The Balaban J connectivity index is 2.21. The Bertz CT molecular complexity index is 313. The number of nitrogens with two attached hydrogens (primary N) is 1. The summed E-state index contributed by atoms with van der Waals surface area (Å²) in [5.74, 6) is 0. The molecule has 1 fully saturated rings. The molecule has 1 aromatic rings. The van der Waals surface area contributed by atoms with Gasteiger partial charge < -0.3 is 10.8 Å². The summed E-state index contributed by atoms with van der Waals surface area (Å²) in [5, 5.41) is 14.5. The Hall–Kier alpha value is -0.870. The third-order valence-electron chi connectivity index (χ3n) is 3.16. The van der Waals surface area contributed by atoms with Crippen LogP contribution < -0.4 is 5.73 Å². The first kappa shape index (κ1) is 9.68. The van der Waals surface area contributed by atoms with E-state index in [0.29, 0.717) is 0 Å². The molecule has 2 rings (SSSR count). The molecule has 0 bridgehead atoms. The van der Waals surface area contributed by atoms with Gasteiger partial charge in [-0.2, -0.15) is 5.10 Å². The lowest BCUT2D eigenvalue weighted by Crippen LogP contribution is -2.38. The van der Waals surface area contributed by atoms with E-state index in [0.717, 1.165) is 31.4 Å². The van der Waals surface area contributed by atoms with Crippen LogP contribution in [0.3, 0.4) is 0 Å². The molecule has 1 saturated carbocycles. The highest BCUT2D eigenvalue weighted by atomic mass is 16.3. The fourth-order valence-electron chi connectivity index (χ4n) is 2.20. The van der Waals surface area contributed by atoms with Gasteiger partial charge in [-0.05, 0) is 31.7 Å². The van der Waals surface area contributed by atoms with E-state index in [1.165, 1.54) is 0 Å². The number of aliphatic hydroxyl groups is 1. The summed E-state index contributed by atoms with van der Waals surface area (Å²) < 4.78 is 1.75. The Morgan fingerprint density at radius 2 is 2.21 bits per heavy atom. The quantitative estimate of drug-likeness (QED) is 0.686. The maximum atomic E-state index is 10.4. The van der Waals surface area contributed by atoms with Crippen LogP contribution >= 0.6 is 0 Å². The second kappa shape index (κ2) is 3.37. The van der Waals surface area contributed by atoms with E-state index in [4.69, 9.17) is 5.73 Å². The average molecular weight is 195 g/mol. The molecule has 0 aliphatic heterocycles. The molecule has 1 aliphatic rings. The summed E-state index contributed by atoms with van der Waals surface area (Å²) in [4.78, 5) is 0. The minimum atomic E-state index is -0.707. The van der Waals surface area contributed by atoms with Crippen LogP contribution in [0, 0.1) is 0 Å². The van der Waals surface area contributed by atoms with E-state index in [2.05, 4.69) is 5.10 Å². The second-order valence-electron chi connectivity index (χ2n) is 4.21. The van der Waals surface area contributed by atoms with Crippen molar-refractivity contribution in [1.82, 2.24) is 9.78 Å². The monoisotopic (exact) mass is 195 g/mol. The third kappa shape index (κ3) is 1.55. The molecule has 0 saturated heterocycles. The maximum absolute atomic E-state index is 10.4. The average Bonchev–Trinajstić information content (AvgIpc) is 2.58. The molecule has 3 N–H and O–H groups in total. The van der Waals surface area contributed by atoms with E-state index >= 15 is 0 Å². The number of aromatic nitrogens is 2.